The van der Waals surface area contributed by atoms with E-state index in [1.165, 1.54) is 0 Å². The molecule has 4 fully saturated rings. The van der Waals surface area contributed by atoms with Gasteiger partial charge in [-0.2, -0.15) is 61.5 Å². The predicted octanol–water partition coefficient (Wildman–Crippen LogP) is 5.66. The third kappa shape index (κ3) is 1.46. The van der Waals surface area contributed by atoms with Gasteiger partial charge in [0.2, 0.25) is 0 Å². The van der Waals surface area contributed by atoms with Crippen molar-refractivity contribution < 1.29 is 79.4 Å². The molecule has 0 spiro atoms. The van der Waals surface area contributed by atoms with Crippen LogP contribution in [-0.2, 0) is 4.74 Å². The lowest BCUT2D eigenvalue weighted by atomic mass is 9.40. The van der Waals surface area contributed by atoms with Gasteiger partial charge in [-0.05, 0) is 0 Å². The first-order chi connectivity index (χ1) is 12.7. The van der Waals surface area contributed by atoms with Crippen LogP contribution in [0.3, 0.4) is 0 Å². The number of ether oxygens (including phenoxy) is 1. The number of halogens is 18. The predicted molar refractivity (Wildman–Crippen MR) is 58.9 cm³/mol. The molecule has 1 nitrogen and oxygen atoms in total. The first-order valence-electron chi connectivity index (χ1n) is 6.81. The van der Waals surface area contributed by atoms with E-state index >= 15 is 0 Å². The maximum Gasteiger partial charge on any atom is 0.415 e. The lowest BCUT2D eigenvalue weighted by molar-refractivity contribution is -0.626. The van der Waals surface area contributed by atoms with E-state index in [0.29, 0.717) is 15.9 Å². The molecule has 176 valence electrons. The zero-order chi connectivity index (χ0) is 24.2. The van der Waals surface area contributed by atoms with Crippen molar-refractivity contribution in [2.45, 2.75) is 63.2 Å². The Bertz CT molecular complexity index is 700. The highest BCUT2D eigenvalue weighted by Crippen LogP contribution is 2.89. The lowest BCUT2D eigenvalue weighted by Crippen LogP contribution is -3.10. The van der Waals surface area contributed by atoms with E-state index in [1.807, 2.05) is 0 Å². The molecule has 0 aromatic heterocycles. The largest absolute Gasteiger partial charge is 0.415 e. The summed E-state index contributed by atoms with van der Waals surface area (Å²) in [4.78, 5) is 0. The number of rotatable bonds is 2. The van der Waals surface area contributed by atoms with E-state index in [0.717, 1.165) is 0 Å². The topological polar surface area (TPSA) is 9.23 Å². The monoisotopic (exact) mass is 550 g/mol. The fourth-order valence-corrected chi connectivity index (χ4v) is 4.41. The Morgan fingerprint density at radius 3 is 0.800 bits per heavy atom. The van der Waals surface area contributed by atoms with Crippen LogP contribution in [0.5, 0.6) is 0 Å². The van der Waals surface area contributed by atoms with Crippen molar-refractivity contribution in [2.24, 2.45) is 0 Å². The van der Waals surface area contributed by atoms with E-state index in [-0.39, 0.29) is 0 Å². The van der Waals surface area contributed by atoms with E-state index in [1.54, 1.807) is 0 Å². The third-order valence-corrected chi connectivity index (χ3v) is 5.65. The molecule has 4 saturated carbocycles. The Labute approximate surface area is 159 Å². The highest BCUT2D eigenvalue weighted by molar-refractivity contribution is 9.09. The second kappa shape index (κ2) is 4.78. The van der Waals surface area contributed by atoms with Gasteiger partial charge in [0.15, 0.2) is 0 Å². The fraction of sp³-hybridized carbons (Fsp3) is 1.00. The molecular formula is C11BrF17O. The minimum atomic E-state index is -8.04. The molecule has 0 saturated heterocycles. The van der Waals surface area contributed by atoms with Gasteiger partial charge in [-0.3, -0.25) is 4.74 Å². The van der Waals surface area contributed by atoms with Crippen LogP contribution in [0, 0.1) is 0 Å². The van der Waals surface area contributed by atoms with Crippen molar-refractivity contribution in [3.63, 3.8) is 0 Å². The van der Waals surface area contributed by atoms with Gasteiger partial charge in [-0.15, -0.1) is 0 Å². The van der Waals surface area contributed by atoms with E-state index in [2.05, 4.69) is 4.74 Å². The van der Waals surface area contributed by atoms with Crippen LogP contribution in [0.4, 0.5) is 74.6 Å². The van der Waals surface area contributed by atoms with Crippen LogP contribution in [0.15, 0.2) is 0 Å². The number of alkyl halides is 18. The number of hydrogen-bond donors (Lipinski definition) is 0. The minimum absolute atomic E-state index is 0.677. The minimum Gasteiger partial charge on any atom is -0.285 e. The van der Waals surface area contributed by atoms with Crippen molar-refractivity contribution in [1.29, 1.82) is 0 Å². The summed E-state index contributed by atoms with van der Waals surface area (Å²) in [5.41, 5.74) is -31.5. The molecule has 0 heterocycles. The SMILES string of the molecule is FC(F)(Br)OC12C(F)(F)C3(F)C(F)(F)C(F)(C(F)(F)C(F)(C3(F)F)C1(F)F)C2(F)F. The van der Waals surface area contributed by atoms with Crippen molar-refractivity contribution in [2.75, 3.05) is 0 Å². The standard InChI is InChI=1S/C11BrF17O/c12-11(28,29)30-4-8(22,23)1(13)5(16,17)2(14,9(4,24)25)7(20,21)3(15,6(1,18)19)10(4,26)27. The number of hydrogen-bond acceptors (Lipinski definition) is 1. The zero-order valence-electron chi connectivity index (χ0n) is 12.7. The van der Waals surface area contributed by atoms with Crippen LogP contribution >= 0.6 is 15.9 Å². The van der Waals surface area contributed by atoms with E-state index in [4.69, 9.17) is 0 Å². The van der Waals surface area contributed by atoms with E-state index < -0.39 is 63.2 Å². The van der Waals surface area contributed by atoms with Crippen molar-refractivity contribution in [3.8, 4) is 0 Å². The Kier molecular flexibility index (Phi) is 3.81. The first-order valence-corrected chi connectivity index (χ1v) is 7.60. The molecule has 0 aliphatic heterocycles. The summed E-state index contributed by atoms with van der Waals surface area (Å²) in [7, 11) is 0. The van der Waals surface area contributed by atoms with Crippen LogP contribution in [0.2, 0.25) is 0 Å². The molecule has 4 rings (SSSR count). The maximum atomic E-state index is 14.5. The fourth-order valence-electron chi connectivity index (χ4n) is 4.17. The van der Waals surface area contributed by atoms with Crippen LogP contribution in [-0.4, -0.2) is 63.2 Å². The van der Waals surface area contributed by atoms with Gasteiger partial charge in [0.25, 0.3) is 5.60 Å². The first kappa shape index (κ1) is 23.9. The lowest BCUT2D eigenvalue weighted by Gasteiger charge is -2.74. The van der Waals surface area contributed by atoms with Crippen molar-refractivity contribution in [3.05, 3.63) is 0 Å². The highest BCUT2D eigenvalue weighted by Gasteiger charge is 3.23. The normalized spacial score (nSPS) is 48.6. The Morgan fingerprint density at radius 1 is 0.433 bits per heavy atom. The van der Waals surface area contributed by atoms with Crippen LogP contribution in [0.25, 0.3) is 0 Å². The smallest absolute Gasteiger partial charge is 0.285 e. The summed E-state index contributed by atoms with van der Waals surface area (Å²) in [6.45, 7) is 0. The van der Waals surface area contributed by atoms with Crippen molar-refractivity contribution >= 4 is 15.9 Å². The molecular weight excluding hydrogens is 551 g/mol. The molecule has 0 atom stereocenters. The van der Waals surface area contributed by atoms with Crippen LogP contribution < -0.4 is 0 Å². The maximum absolute atomic E-state index is 14.5. The average Bonchev–Trinajstić information content (AvgIpc) is 2.51. The Morgan fingerprint density at radius 2 is 0.633 bits per heavy atom. The Balaban J connectivity index is 2.71. The summed E-state index contributed by atoms with van der Waals surface area (Å²) in [6, 6.07) is 0. The van der Waals surface area contributed by atoms with Gasteiger partial charge < -0.3 is 0 Å². The zero-order valence-corrected chi connectivity index (χ0v) is 14.3. The average molecular weight is 551 g/mol. The van der Waals surface area contributed by atoms with Gasteiger partial charge in [0.05, 0.1) is 0 Å². The highest BCUT2D eigenvalue weighted by atomic mass is 79.9. The summed E-state index contributed by atoms with van der Waals surface area (Å²) in [6.07, 6.45) is 0. The molecule has 4 aliphatic rings. The van der Waals surface area contributed by atoms with Crippen LogP contribution in [0.1, 0.15) is 0 Å². The summed E-state index contributed by atoms with van der Waals surface area (Å²) in [5.74, 6) is -48.2. The Hall–Kier alpha value is -0.750. The van der Waals surface area contributed by atoms with Gasteiger partial charge in [0, 0.05) is 15.9 Å². The van der Waals surface area contributed by atoms with Gasteiger partial charge in [0.1, 0.15) is 0 Å². The molecule has 0 aromatic carbocycles. The molecule has 4 aliphatic carbocycles. The third-order valence-electron chi connectivity index (χ3n) is 5.49. The van der Waals surface area contributed by atoms with Gasteiger partial charge >= 0.3 is 57.6 Å². The van der Waals surface area contributed by atoms with Crippen molar-refractivity contribution in [1.82, 2.24) is 0 Å². The second-order valence-electron chi connectivity index (χ2n) is 6.65. The quantitative estimate of drug-likeness (QED) is 0.318. The van der Waals surface area contributed by atoms with E-state index in [9.17, 15) is 74.6 Å². The summed E-state index contributed by atoms with van der Waals surface area (Å²) in [5, 5.41) is -6.07. The molecule has 0 unspecified atom stereocenters. The molecule has 30 heavy (non-hydrogen) atoms. The molecule has 0 aromatic rings. The molecule has 0 amide bonds. The summed E-state index contributed by atoms with van der Waals surface area (Å²) >= 11 is 0.677. The molecule has 19 heteroatoms. The summed E-state index contributed by atoms with van der Waals surface area (Å²) < 4.78 is 241. The molecule has 0 N–H and O–H groups in total. The second-order valence-corrected chi connectivity index (χ2v) is 7.57. The molecule has 0 radical (unpaired) electrons. The molecule has 4 bridgehead atoms. The van der Waals surface area contributed by atoms with Gasteiger partial charge in [-0.1, -0.05) is 0 Å². The van der Waals surface area contributed by atoms with Gasteiger partial charge in [-0.25, -0.2) is 13.2 Å².